The molecule has 0 aliphatic carbocycles. The monoisotopic (exact) mass is 496 g/mol. The highest BCUT2D eigenvalue weighted by molar-refractivity contribution is 6.61. The Bertz CT molecular complexity index is 1210. The van der Waals surface area contributed by atoms with E-state index in [1.54, 1.807) is 32.2 Å². The molecule has 0 spiro atoms. The number of carbonyl (C=O) groups is 2. The van der Waals surface area contributed by atoms with E-state index in [0.29, 0.717) is 16.3 Å². The van der Waals surface area contributed by atoms with E-state index in [-0.39, 0.29) is 32.1 Å². The molecule has 1 aromatic heterocycles. The van der Waals surface area contributed by atoms with Crippen LogP contribution in [-0.2, 0) is 11.8 Å². The number of carbonyl (C=O) groups excluding carboxylic acids is 2. The number of ketones is 1. The quantitative estimate of drug-likeness (QED) is 0.235. The highest BCUT2D eigenvalue weighted by atomic mass is 35.5. The van der Waals surface area contributed by atoms with Crippen LogP contribution in [0.2, 0.25) is 10.0 Å². The molecular formula is C22H16Cl4N2O3. The van der Waals surface area contributed by atoms with Crippen LogP contribution in [0, 0.1) is 13.8 Å². The fourth-order valence-corrected chi connectivity index (χ4v) is 3.85. The number of aromatic nitrogens is 2. The number of esters is 1. The van der Waals surface area contributed by atoms with Crippen molar-refractivity contribution >= 4 is 63.7 Å². The van der Waals surface area contributed by atoms with Crippen LogP contribution in [0.4, 0.5) is 0 Å². The van der Waals surface area contributed by atoms with E-state index in [4.69, 9.17) is 51.1 Å². The minimum absolute atomic E-state index is 0.0369. The second-order valence-corrected chi connectivity index (χ2v) is 8.53. The Balaban J connectivity index is 2.02. The van der Waals surface area contributed by atoms with E-state index >= 15 is 0 Å². The number of ether oxygens (including phenoxy) is 1. The van der Waals surface area contributed by atoms with Crippen molar-refractivity contribution in [3.63, 3.8) is 0 Å². The predicted octanol–water partition coefficient (Wildman–Crippen LogP) is 6.33. The van der Waals surface area contributed by atoms with Gasteiger partial charge in [0.2, 0.25) is 11.7 Å². The molecule has 0 aliphatic rings. The van der Waals surface area contributed by atoms with Crippen LogP contribution in [0.5, 0.6) is 5.88 Å². The van der Waals surface area contributed by atoms with Crippen LogP contribution in [-0.4, -0.2) is 21.5 Å². The fraction of sp³-hybridized carbons (Fsp3) is 0.136. The molecule has 0 unspecified atom stereocenters. The van der Waals surface area contributed by atoms with Gasteiger partial charge in [-0.2, -0.15) is 5.10 Å². The Morgan fingerprint density at radius 1 is 1.00 bits per heavy atom. The first-order valence-electron chi connectivity index (χ1n) is 8.98. The molecule has 3 rings (SSSR count). The lowest BCUT2D eigenvalue weighted by Gasteiger charge is -2.11. The highest BCUT2D eigenvalue weighted by Gasteiger charge is 2.28. The lowest BCUT2D eigenvalue weighted by Crippen LogP contribution is -2.16. The van der Waals surface area contributed by atoms with Crippen molar-refractivity contribution in [3.05, 3.63) is 84.9 Å². The number of halogens is 4. The summed E-state index contributed by atoms with van der Waals surface area (Å²) in [6, 6.07) is 11.5. The minimum atomic E-state index is -0.830. The summed E-state index contributed by atoms with van der Waals surface area (Å²) in [5, 5.41) is 4.77. The molecule has 0 saturated carbocycles. The van der Waals surface area contributed by atoms with Crippen LogP contribution in [0.15, 0.2) is 47.0 Å². The van der Waals surface area contributed by atoms with E-state index in [1.165, 1.54) is 16.8 Å². The molecule has 0 fully saturated rings. The summed E-state index contributed by atoms with van der Waals surface area (Å²) >= 11 is 24.1. The zero-order valence-corrected chi connectivity index (χ0v) is 19.7. The van der Waals surface area contributed by atoms with E-state index in [2.05, 4.69) is 5.10 Å². The first kappa shape index (κ1) is 23.4. The van der Waals surface area contributed by atoms with Crippen LogP contribution in [0.3, 0.4) is 0 Å². The van der Waals surface area contributed by atoms with Gasteiger partial charge in [-0.05, 0) is 37.6 Å². The average molecular weight is 498 g/mol. The molecule has 1 heterocycles. The van der Waals surface area contributed by atoms with Gasteiger partial charge in [0, 0.05) is 17.6 Å². The van der Waals surface area contributed by atoms with Crippen molar-refractivity contribution in [2.75, 3.05) is 0 Å². The number of hydrogen-bond acceptors (Lipinski definition) is 4. The Morgan fingerprint density at radius 2 is 1.65 bits per heavy atom. The Kier molecular flexibility index (Phi) is 7.12. The summed E-state index contributed by atoms with van der Waals surface area (Å²) in [5.41, 5.74) is 2.09. The third kappa shape index (κ3) is 4.96. The average Bonchev–Trinajstić information content (AvgIpc) is 2.95. The maximum atomic E-state index is 13.2. The van der Waals surface area contributed by atoms with Gasteiger partial charge in [-0.15, -0.1) is 0 Å². The minimum Gasteiger partial charge on any atom is -0.403 e. The maximum Gasteiger partial charge on any atom is 0.347 e. The first-order valence-corrected chi connectivity index (χ1v) is 10.5. The smallest absolute Gasteiger partial charge is 0.347 e. The van der Waals surface area contributed by atoms with E-state index in [1.807, 2.05) is 19.1 Å². The Hall–Kier alpha value is -2.31. The summed E-state index contributed by atoms with van der Waals surface area (Å²) in [4.78, 5) is 26.2. The third-order valence-electron chi connectivity index (χ3n) is 4.50. The number of hydrogen-bond donors (Lipinski definition) is 0. The molecule has 0 bridgehead atoms. The SMILES string of the molecule is Cc1ccc(C(C(=O)Oc2c(C(=O)c3ccc(Cl)cc3Cl)c(C)nn2C)=C(Cl)Cl)cc1. The van der Waals surface area contributed by atoms with Crippen molar-refractivity contribution in [1.82, 2.24) is 9.78 Å². The molecule has 0 N–H and O–H groups in total. The second kappa shape index (κ2) is 9.45. The van der Waals surface area contributed by atoms with Gasteiger partial charge in [0.15, 0.2) is 0 Å². The predicted molar refractivity (Wildman–Crippen MR) is 123 cm³/mol. The van der Waals surface area contributed by atoms with E-state index in [0.717, 1.165) is 5.56 Å². The molecule has 0 saturated heterocycles. The first-order chi connectivity index (χ1) is 14.6. The van der Waals surface area contributed by atoms with Gasteiger partial charge in [0.05, 0.1) is 16.3 Å². The van der Waals surface area contributed by atoms with E-state index in [9.17, 15) is 9.59 Å². The number of benzene rings is 2. The molecule has 31 heavy (non-hydrogen) atoms. The Labute approximate surface area is 199 Å². The van der Waals surface area contributed by atoms with Gasteiger partial charge in [0.1, 0.15) is 10.1 Å². The third-order valence-corrected chi connectivity index (χ3v) is 5.42. The second-order valence-electron chi connectivity index (χ2n) is 6.73. The van der Waals surface area contributed by atoms with Crippen molar-refractivity contribution in [1.29, 1.82) is 0 Å². The summed E-state index contributed by atoms with van der Waals surface area (Å²) < 4.78 is 6.58. The van der Waals surface area contributed by atoms with Gasteiger partial charge in [-0.3, -0.25) is 4.79 Å². The normalized spacial score (nSPS) is 10.7. The van der Waals surface area contributed by atoms with Crippen LogP contribution >= 0.6 is 46.4 Å². The van der Waals surface area contributed by atoms with Gasteiger partial charge in [-0.25, -0.2) is 9.48 Å². The summed E-state index contributed by atoms with van der Waals surface area (Å²) in [6.45, 7) is 3.53. The largest absolute Gasteiger partial charge is 0.403 e. The maximum absolute atomic E-state index is 13.2. The Morgan fingerprint density at radius 3 is 2.23 bits per heavy atom. The summed E-state index contributed by atoms with van der Waals surface area (Å²) in [6.07, 6.45) is 0. The zero-order valence-electron chi connectivity index (χ0n) is 16.7. The zero-order chi connectivity index (χ0) is 22.9. The van der Waals surface area contributed by atoms with Gasteiger partial charge in [0.25, 0.3) is 0 Å². The van der Waals surface area contributed by atoms with E-state index < -0.39 is 11.8 Å². The number of nitrogens with zero attached hydrogens (tertiary/aromatic N) is 2. The summed E-state index contributed by atoms with van der Waals surface area (Å²) in [5.74, 6) is -1.35. The van der Waals surface area contributed by atoms with Gasteiger partial charge >= 0.3 is 5.97 Å². The number of aryl methyl sites for hydroxylation is 3. The van der Waals surface area contributed by atoms with Gasteiger partial charge in [-0.1, -0.05) is 76.2 Å². The standard InChI is InChI=1S/C22H16Cl4N2O3/c1-11-4-6-13(7-5-11)18(20(25)26)22(30)31-21-17(12(2)27-28(21)3)19(29)15-9-8-14(23)10-16(15)24/h4-10H,1-3H3. The molecule has 0 amide bonds. The molecule has 0 aliphatic heterocycles. The molecule has 5 nitrogen and oxygen atoms in total. The van der Waals surface area contributed by atoms with Crippen molar-refractivity contribution in [3.8, 4) is 5.88 Å². The van der Waals surface area contributed by atoms with Crippen molar-refractivity contribution in [2.45, 2.75) is 13.8 Å². The number of rotatable bonds is 5. The van der Waals surface area contributed by atoms with Gasteiger partial charge < -0.3 is 4.74 Å². The van der Waals surface area contributed by atoms with Crippen molar-refractivity contribution < 1.29 is 14.3 Å². The molecule has 2 aromatic carbocycles. The van der Waals surface area contributed by atoms with Crippen LogP contribution < -0.4 is 4.74 Å². The molecule has 0 radical (unpaired) electrons. The molecule has 160 valence electrons. The van der Waals surface area contributed by atoms with Crippen molar-refractivity contribution in [2.24, 2.45) is 7.05 Å². The molecule has 9 heteroatoms. The lowest BCUT2D eigenvalue weighted by atomic mass is 10.0. The fourth-order valence-electron chi connectivity index (χ4n) is 2.99. The van der Waals surface area contributed by atoms with Crippen LogP contribution in [0.25, 0.3) is 5.57 Å². The molecular weight excluding hydrogens is 482 g/mol. The molecule has 3 aromatic rings. The summed E-state index contributed by atoms with van der Waals surface area (Å²) in [7, 11) is 1.55. The molecule has 0 atom stereocenters. The van der Waals surface area contributed by atoms with Crippen LogP contribution in [0.1, 0.15) is 32.7 Å². The lowest BCUT2D eigenvalue weighted by molar-refractivity contribution is -0.128. The highest BCUT2D eigenvalue weighted by Crippen LogP contribution is 2.32. The topological polar surface area (TPSA) is 61.2 Å².